The molecule has 3 heterocycles. The zero-order valence-electron chi connectivity index (χ0n) is 19.0. The van der Waals surface area contributed by atoms with Crippen molar-refractivity contribution in [2.24, 2.45) is 0 Å². The van der Waals surface area contributed by atoms with Crippen LogP contribution < -0.4 is 5.69 Å². The molecule has 4 aromatic rings. The molecule has 0 aliphatic heterocycles. The predicted molar refractivity (Wildman–Crippen MR) is 129 cm³/mol. The second-order valence-corrected chi connectivity index (χ2v) is 8.40. The van der Waals surface area contributed by atoms with Gasteiger partial charge in [0, 0.05) is 23.9 Å². The topological polar surface area (TPSA) is 94.3 Å². The van der Waals surface area contributed by atoms with Crippen LogP contribution in [0.4, 0.5) is 0 Å². The number of nitrogens with one attached hydrogen (secondary N) is 1. The van der Waals surface area contributed by atoms with Gasteiger partial charge in [0.1, 0.15) is 5.15 Å². The molecule has 0 amide bonds. The molecule has 0 bridgehead atoms. The number of tetrazole rings is 1. The SMILES string of the molecule is CCCCCn1c(Cl)c(CCC)n(Cc2ccc(-c3ncccc3-c3nn[nH]n3)cc2)c1=O. The predicted octanol–water partition coefficient (Wildman–Crippen LogP) is 4.74. The minimum atomic E-state index is -0.0345. The molecule has 0 atom stereocenters. The van der Waals surface area contributed by atoms with Crippen molar-refractivity contribution in [2.45, 2.75) is 59.0 Å². The average Bonchev–Trinajstić information content (AvgIpc) is 3.45. The van der Waals surface area contributed by atoms with Crippen LogP contribution in [0.3, 0.4) is 0 Å². The number of rotatable bonds is 10. The van der Waals surface area contributed by atoms with E-state index in [0.717, 1.165) is 60.2 Å². The molecule has 0 saturated heterocycles. The van der Waals surface area contributed by atoms with Gasteiger partial charge >= 0.3 is 5.69 Å². The first-order chi connectivity index (χ1) is 16.1. The Morgan fingerprint density at radius 3 is 2.55 bits per heavy atom. The maximum absolute atomic E-state index is 13.2. The molecule has 0 saturated carbocycles. The van der Waals surface area contributed by atoms with Crippen molar-refractivity contribution in [2.75, 3.05) is 0 Å². The van der Waals surface area contributed by atoms with Gasteiger partial charge in [0.15, 0.2) is 0 Å². The van der Waals surface area contributed by atoms with Gasteiger partial charge in [-0.05, 0) is 35.8 Å². The zero-order chi connectivity index (χ0) is 23.2. The average molecular weight is 466 g/mol. The number of unbranched alkanes of at least 4 members (excludes halogenated alkanes) is 2. The molecule has 3 aromatic heterocycles. The van der Waals surface area contributed by atoms with Crippen molar-refractivity contribution in [1.29, 1.82) is 0 Å². The summed E-state index contributed by atoms with van der Waals surface area (Å²) in [7, 11) is 0. The Bertz CT molecular complexity index is 1240. The molecule has 0 radical (unpaired) electrons. The molecule has 0 unspecified atom stereocenters. The Kier molecular flexibility index (Phi) is 7.34. The van der Waals surface area contributed by atoms with Gasteiger partial charge in [0.2, 0.25) is 5.82 Å². The second-order valence-electron chi connectivity index (χ2n) is 8.05. The van der Waals surface area contributed by atoms with Gasteiger partial charge in [-0.25, -0.2) is 4.79 Å². The van der Waals surface area contributed by atoms with E-state index in [1.54, 1.807) is 10.8 Å². The molecular formula is C24H28ClN7O. The van der Waals surface area contributed by atoms with E-state index < -0.39 is 0 Å². The molecule has 1 N–H and O–H groups in total. The lowest BCUT2D eigenvalue weighted by Crippen LogP contribution is -2.25. The highest BCUT2D eigenvalue weighted by atomic mass is 35.5. The molecule has 0 fully saturated rings. The van der Waals surface area contributed by atoms with Gasteiger partial charge in [-0.3, -0.25) is 14.1 Å². The number of nitrogens with zero attached hydrogens (tertiary/aromatic N) is 6. The third-order valence-electron chi connectivity index (χ3n) is 5.70. The van der Waals surface area contributed by atoms with Gasteiger partial charge in [0.25, 0.3) is 0 Å². The van der Waals surface area contributed by atoms with E-state index in [9.17, 15) is 4.79 Å². The maximum atomic E-state index is 13.2. The van der Waals surface area contributed by atoms with Crippen LogP contribution in [0.25, 0.3) is 22.6 Å². The van der Waals surface area contributed by atoms with E-state index in [1.807, 2.05) is 41.0 Å². The van der Waals surface area contributed by atoms with Crippen LogP contribution in [0.15, 0.2) is 47.4 Å². The van der Waals surface area contributed by atoms with Crippen LogP contribution in [-0.4, -0.2) is 34.7 Å². The summed E-state index contributed by atoms with van der Waals surface area (Å²) in [6.07, 6.45) is 6.58. The van der Waals surface area contributed by atoms with Crippen LogP contribution in [0, 0.1) is 0 Å². The van der Waals surface area contributed by atoms with E-state index in [-0.39, 0.29) is 5.69 Å². The number of benzene rings is 1. The van der Waals surface area contributed by atoms with Crippen molar-refractivity contribution in [3.05, 3.63) is 69.5 Å². The number of H-pyrrole nitrogens is 1. The molecule has 0 aliphatic rings. The van der Waals surface area contributed by atoms with E-state index >= 15 is 0 Å². The number of halogens is 1. The van der Waals surface area contributed by atoms with Crippen molar-refractivity contribution < 1.29 is 0 Å². The van der Waals surface area contributed by atoms with Gasteiger partial charge in [-0.1, -0.05) is 69.0 Å². The van der Waals surface area contributed by atoms with Crippen molar-refractivity contribution in [1.82, 2.24) is 34.7 Å². The molecule has 33 heavy (non-hydrogen) atoms. The first-order valence-electron chi connectivity index (χ1n) is 11.4. The number of pyridine rings is 1. The summed E-state index contributed by atoms with van der Waals surface area (Å²) in [6, 6.07) is 11.8. The highest BCUT2D eigenvalue weighted by molar-refractivity contribution is 6.30. The summed E-state index contributed by atoms with van der Waals surface area (Å²) in [5.41, 5.74) is 4.42. The van der Waals surface area contributed by atoms with Crippen molar-refractivity contribution in [3.63, 3.8) is 0 Å². The Morgan fingerprint density at radius 1 is 1.03 bits per heavy atom. The molecule has 172 valence electrons. The monoisotopic (exact) mass is 465 g/mol. The molecule has 4 rings (SSSR count). The first-order valence-corrected chi connectivity index (χ1v) is 11.8. The summed E-state index contributed by atoms with van der Waals surface area (Å²) in [5, 5.41) is 14.9. The molecular weight excluding hydrogens is 438 g/mol. The zero-order valence-corrected chi connectivity index (χ0v) is 19.7. The van der Waals surface area contributed by atoms with Gasteiger partial charge in [0.05, 0.1) is 17.9 Å². The van der Waals surface area contributed by atoms with Crippen LogP contribution in [0.1, 0.15) is 50.8 Å². The molecule has 1 aromatic carbocycles. The molecule has 0 spiro atoms. The maximum Gasteiger partial charge on any atom is 0.329 e. The normalized spacial score (nSPS) is 11.2. The summed E-state index contributed by atoms with van der Waals surface area (Å²) >= 11 is 6.64. The lowest BCUT2D eigenvalue weighted by molar-refractivity contribution is 0.573. The van der Waals surface area contributed by atoms with Crippen LogP contribution in [-0.2, 0) is 19.5 Å². The largest absolute Gasteiger partial charge is 0.329 e. The van der Waals surface area contributed by atoms with Crippen molar-refractivity contribution >= 4 is 11.6 Å². The highest BCUT2D eigenvalue weighted by Crippen LogP contribution is 2.28. The number of aromatic nitrogens is 7. The summed E-state index contributed by atoms with van der Waals surface area (Å²) in [4.78, 5) is 17.7. The van der Waals surface area contributed by atoms with Crippen LogP contribution in [0.2, 0.25) is 5.15 Å². The highest BCUT2D eigenvalue weighted by Gasteiger charge is 2.18. The lowest BCUT2D eigenvalue weighted by Gasteiger charge is -2.09. The second kappa shape index (κ2) is 10.6. The smallest absolute Gasteiger partial charge is 0.290 e. The molecule has 0 aliphatic carbocycles. The van der Waals surface area contributed by atoms with Gasteiger partial charge < -0.3 is 0 Å². The first kappa shape index (κ1) is 22.9. The van der Waals surface area contributed by atoms with Gasteiger partial charge in [-0.2, -0.15) is 5.21 Å². The third kappa shape index (κ3) is 4.90. The number of hydrogen-bond acceptors (Lipinski definition) is 5. The fourth-order valence-electron chi connectivity index (χ4n) is 4.01. The fraction of sp³-hybridized carbons (Fsp3) is 0.375. The third-order valence-corrected chi connectivity index (χ3v) is 6.12. The Morgan fingerprint density at radius 2 is 1.85 bits per heavy atom. The minimum Gasteiger partial charge on any atom is -0.290 e. The number of aromatic amines is 1. The Labute approximate surface area is 197 Å². The number of imidazole rings is 1. The lowest BCUT2D eigenvalue weighted by atomic mass is 10.0. The Balaban J connectivity index is 1.62. The van der Waals surface area contributed by atoms with Gasteiger partial charge in [-0.15, -0.1) is 10.2 Å². The van der Waals surface area contributed by atoms with Crippen LogP contribution in [0.5, 0.6) is 0 Å². The standard InChI is InChI=1S/C24H28ClN7O/c1-3-5-6-15-31-22(25)20(8-4-2)32(24(31)33)16-17-10-12-18(13-11-17)21-19(9-7-14-26-21)23-27-29-30-28-23/h7,9-14H,3-6,8,15-16H2,1-2H3,(H,27,28,29,30). The van der Waals surface area contributed by atoms with E-state index in [1.165, 1.54) is 0 Å². The summed E-state index contributed by atoms with van der Waals surface area (Å²) < 4.78 is 3.54. The summed E-state index contributed by atoms with van der Waals surface area (Å²) in [5.74, 6) is 0.497. The van der Waals surface area contributed by atoms with Crippen LogP contribution >= 0.6 is 11.6 Å². The number of hydrogen-bond donors (Lipinski definition) is 1. The quantitative estimate of drug-likeness (QED) is 0.341. The molecule has 8 nitrogen and oxygen atoms in total. The minimum absolute atomic E-state index is 0.0345. The fourth-order valence-corrected chi connectivity index (χ4v) is 4.36. The van der Waals surface area contributed by atoms with E-state index in [2.05, 4.69) is 39.5 Å². The van der Waals surface area contributed by atoms with E-state index in [4.69, 9.17) is 11.6 Å². The summed E-state index contributed by atoms with van der Waals surface area (Å²) in [6.45, 7) is 5.39. The van der Waals surface area contributed by atoms with E-state index in [0.29, 0.717) is 24.1 Å². The van der Waals surface area contributed by atoms with Crippen molar-refractivity contribution in [3.8, 4) is 22.6 Å². The molecule has 9 heteroatoms. The Hall–Kier alpha value is -3.26.